The van der Waals surface area contributed by atoms with Gasteiger partial charge in [0.1, 0.15) is 5.75 Å². The first-order chi connectivity index (χ1) is 10.1. The molecule has 1 aliphatic heterocycles. The van der Waals surface area contributed by atoms with Crippen LogP contribution in [-0.2, 0) is 11.4 Å². The van der Waals surface area contributed by atoms with Gasteiger partial charge in [0.2, 0.25) is 5.91 Å². The standard InChI is InChI=1S/C16H24N2O3/c1-12(2)16(20)18-8-6-17(7-9-18)14-5-4-13(11-19)15(10-14)21-3/h4-5,10,12,19H,6-9,11H2,1-3H3. The Morgan fingerprint density at radius 2 is 1.95 bits per heavy atom. The molecule has 1 aromatic carbocycles. The summed E-state index contributed by atoms with van der Waals surface area (Å²) in [6, 6.07) is 5.83. The molecular formula is C16H24N2O3. The van der Waals surface area contributed by atoms with Gasteiger partial charge in [-0.2, -0.15) is 0 Å². The van der Waals surface area contributed by atoms with E-state index in [1.807, 2.05) is 36.9 Å². The number of benzene rings is 1. The lowest BCUT2D eigenvalue weighted by Crippen LogP contribution is -2.49. The lowest BCUT2D eigenvalue weighted by Gasteiger charge is -2.37. The molecule has 0 atom stereocenters. The maximum atomic E-state index is 12.0. The number of anilines is 1. The van der Waals surface area contributed by atoms with E-state index in [-0.39, 0.29) is 18.4 Å². The van der Waals surface area contributed by atoms with Crippen molar-refractivity contribution in [1.82, 2.24) is 4.90 Å². The first-order valence-corrected chi connectivity index (χ1v) is 7.38. The van der Waals surface area contributed by atoms with E-state index >= 15 is 0 Å². The molecule has 0 bridgehead atoms. The second kappa shape index (κ2) is 6.80. The summed E-state index contributed by atoms with van der Waals surface area (Å²) in [6.07, 6.45) is 0. The second-order valence-corrected chi connectivity index (χ2v) is 5.62. The van der Waals surface area contributed by atoms with E-state index in [1.54, 1.807) is 7.11 Å². The van der Waals surface area contributed by atoms with Gasteiger partial charge in [-0.1, -0.05) is 19.9 Å². The number of aliphatic hydroxyl groups excluding tert-OH is 1. The van der Waals surface area contributed by atoms with Crippen molar-refractivity contribution in [2.45, 2.75) is 20.5 Å². The van der Waals surface area contributed by atoms with Crippen LogP contribution in [0.1, 0.15) is 19.4 Å². The molecule has 1 amide bonds. The van der Waals surface area contributed by atoms with Crippen LogP contribution in [0.5, 0.6) is 5.75 Å². The molecule has 116 valence electrons. The average molecular weight is 292 g/mol. The van der Waals surface area contributed by atoms with Gasteiger partial charge in [-0.05, 0) is 6.07 Å². The molecular weight excluding hydrogens is 268 g/mol. The molecule has 5 nitrogen and oxygen atoms in total. The van der Waals surface area contributed by atoms with Gasteiger partial charge < -0.3 is 19.6 Å². The summed E-state index contributed by atoms with van der Waals surface area (Å²) in [4.78, 5) is 16.2. The Kier molecular flexibility index (Phi) is 5.07. The summed E-state index contributed by atoms with van der Waals surface area (Å²) in [5.41, 5.74) is 1.86. The fourth-order valence-electron chi connectivity index (χ4n) is 2.61. The van der Waals surface area contributed by atoms with Crippen LogP contribution in [0.3, 0.4) is 0 Å². The van der Waals surface area contributed by atoms with E-state index in [0.717, 1.165) is 37.4 Å². The minimum Gasteiger partial charge on any atom is -0.496 e. The van der Waals surface area contributed by atoms with Crippen LogP contribution >= 0.6 is 0 Å². The number of hydrogen-bond donors (Lipinski definition) is 1. The number of rotatable bonds is 4. The van der Waals surface area contributed by atoms with Crippen molar-refractivity contribution in [1.29, 1.82) is 0 Å². The molecule has 0 aromatic heterocycles. The number of hydrogen-bond acceptors (Lipinski definition) is 4. The van der Waals surface area contributed by atoms with Crippen LogP contribution in [0.2, 0.25) is 0 Å². The van der Waals surface area contributed by atoms with Crippen LogP contribution in [0.15, 0.2) is 18.2 Å². The highest BCUT2D eigenvalue weighted by Crippen LogP contribution is 2.26. The van der Waals surface area contributed by atoms with Gasteiger partial charge in [-0.15, -0.1) is 0 Å². The molecule has 0 saturated carbocycles. The molecule has 1 heterocycles. The minimum atomic E-state index is -0.0277. The normalized spacial score (nSPS) is 15.5. The van der Waals surface area contributed by atoms with Crippen molar-refractivity contribution in [3.8, 4) is 5.75 Å². The number of methoxy groups -OCH3 is 1. The quantitative estimate of drug-likeness (QED) is 0.913. The molecule has 0 aliphatic carbocycles. The van der Waals surface area contributed by atoms with Gasteiger partial charge >= 0.3 is 0 Å². The van der Waals surface area contributed by atoms with Crippen molar-refractivity contribution in [2.24, 2.45) is 5.92 Å². The topological polar surface area (TPSA) is 53.0 Å². The zero-order valence-corrected chi connectivity index (χ0v) is 13.0. The number of carbonyl (C=O) groups is 1. The summed E-state index contributed by atoms with van der Waals surface area (Å²) in [5, 5.41) is 9.26. The van der Waals surface area contributed by atoms with E-state index in [2.05, 4.69) is 4.90 Å². The van der Waals surface area contributed by atoms with Crippen LogP contribution in [0, 0.1) is 5.92 Å². The molecule has 1 aromatic rings. The lowest BCUT2D eigenvalue weighted by molar-refractivity contribution is -0.134. The number of carbonyl (C=O) groups excluding carboxylic acids is 1. The first-order valence-electron chi connectivity index (χ1n) is 7.38. The SMILES string of the molecule is COc1cc(N2CCN(C(=O)C(C)C)CC2)ccc1CO. The Hall–Kier alpha value is -1.75. The fourth-order valence-corrected chi connectivity index (χ4v) is 2.61. The summed E-state index contributed by atoms with van der Waals surface area (Å²) in [5.74, 6) is 0.985. The molecule has 2 rings (SSSR count). The third kappa shape index (κ3) is 3.47. The second-order valence-electron chi connectivity index (χ2n) is 5.62. The summed E-state index contributed by atoms with van der Waals surface area (Å²) in [7, 11) is 1.61. The van der Waals surface area contributed by atoms with E-state index in [9.17, 15) is 9.90 Å². The lowest BCUT2D eigenvalue weighted by atomic mass is 10.1. The van der Waals surface area contributed by atoms with Gasteiger partial charge in [0.15, 0.2) is 0 Å². The third-order valence-electron chi connectivity index (χ3n) is 3.89. The van der Waals surface area contributed by atoms with Crippen molar-refractivity contribution >= 4 is 11.6 Å². The highest BCUT2D eigenvalue weighted by atomic mass is 16.5. The molecule has 0 unspecified atom stereocenters. The van der Waals surface area contributed by atoms with Crippen molar-refractivity contribution < 1.29 is 14.6 Å². The zero-order chi connectivity index (χ0) is 15.4. The number of amides is 1. The molecule has 0 radical (unpaired) electrons. The van der Waals surface area contributed by atoms with E-state index in [4.69, 9.17) is 4.74 Å². The van der Waals surface area contributed by atoms with Gasteiger partial charge in [0.25, 0.3) is 0 Å². The maximum absolute atomic E-state index is 12.0. The maximum Gasteiger partial charge on any atom is 0.225 e. The largest absolute Gasteiger partial charge is 0.496 e. The molecule has 1 aliphatic rings. The monoisotopic (exact) mass is 292 g/mol. The Labute approximate surface area is 126 Å². The summed E-state index contributed by atoms with van der Waals surface area (Å²) >= 11 is 0. The number of nitrogens with zero attached hydrogens (tertiary/aromatic N) is 2. The van der Waals surface area contributed by atoms with E-state index in [0.29, 0.717) is 5.75 Å². The highest BCUT2D eigenvalue weighted by Gasteiger charge is 2.23. The molecule has 1 saturated heterocycles. The Bertz CT molecular complexity index is 494. The third-order valence-corrected chi connectivity index (χ3v) is 3.89. The molecule has 21 heavy (non-hydrogen) atoms. The van der Waals surface area contributed by atoms with Crippen molar-refractivity contribution in [2.75, 3.05) is 38.2 Å². The van der Waals surface area contributed by atoms with Crippen LogP contribution in [0.4, 0.5) is 5.69 Å². The van der Waals surface area contributed by atoms with E-state index < -0.39 is 0 Å². The predicted molar refractivity (Wildman–Crippen MR) is 82.5 cm³/mol. The molecule has 1 N–H and O–H groups in total. The number of ether oxygens (including phenoxy) is 1. The van der Waals surface area contributed by atoms with Gasteiger partial charge in [0.05, 0.1) is 13.7 Å². The summed E-state index contributed by atoms with van der Waals surface area (Å²) in [6.45, 7) is 6.99. The van der Waals surface area contributed by atoms with Crippen molar-refractivity contribution in [3.05, 3.63) is 23.8 Å². The fraction of sp³-hybridized carbons (Fsp3) is 0.562. The molecule has 0 spiro atoms. The summed E-state index contributed by atoms with van der Waals surface area (Å²) < 4.78 is 5.31. The van der Waals surface area contributed by atoms with Crippen LogP contribution in [0.25, 0.3) is 0 Å². The van der Waals surface area contributed by atoms with Gasteiger partial charge in [-0.25, -0.2) is 0 Å². The Morgan fingerprint density at radius 3 is 2.48 bits per heavy atom. The van der Waals surface area contributed by atoms with Gasteiger partial charge in [0, 0.05) is 49.4 Å². The smallest absolute Gasteiger partial charge is 0.225 e. The first kappa shape index (κ1) is 15.6. The molecule has 5 heteroatoms. The highest BCUT2D eigenvalue weighted by molar-refractivity contribution is 5.78. The average Bonchev–Trinajstić information content (AvgIpc) is 2.53. The number of aliphatic hydroxyl groups is 1. The Balaban J connectivity index is 2.04. The van der Waals surface area contributed by atoms with Crippen molar-refractivity contribution in [3.63, 3.8) is 0 Å². The predicted octanol–water partition coefficient (Wildman–Crippen LogP) is 1.49. The number of piperazine rings is 1. The van der Waals surface area contributed by atoms with Crippen LogP contribution < -0.4 is 9.64 Å². The van der Waals surface area contributed by atoms with E-state index in [1.165, 1.54) is 0 Å². The zero-order valence-electron chi connectivity index (χ0n) is 13.0. The van der Waals surface area contributed by atoms with Crippen LogP contribution in [-0.4, -0.2) is 49.2 Å². The minimum absolute atomic E-state index is 0.0277. The Morgan fingerprint density at radius 1 is 1.29 bits per heavy atom. The van der Waals surface area contributed by atoms with Gasteiger partial charge in [-0.3, -0.25) is 4.79 Å². The molecule has 1 fully saturated rings.